The standard InChI is InChI=1S/C19H22N2O2/c1-3-7-16(8-4-1)18-11-22-15-21-13-20(18)14-23-12-19(21)17-9-5-2-6-10-17/h1-10,18-19H,11-15H2. The van der Waals surface area contributed by atoms with E-state index >= 15 is 0 Å². The molecule has 4 unspecified atom stereocenters. The Morgan fingerprint density at radius 2 is 1.09 bits per heavy atom. The Bertz CT molecular complexity index is 564. The van der Waals surface area contributed by atoms with Crippen LogP contribution in [0.1, 0.15) is 23.2 Å². The van der Waals surface area contributed by atoms with Gasteiger partial charge in [-0.05, 0) is 11.1 Å². The molecule has 2 aromatic carbocycles. The highest BCUT2D eigenvalue weighted by molar-refractivity contribution is 5.21. The van der Waals surface area contributed by atoms with Gasteiger partial charge in [-0.1, -0.05) is 60.7 Å². The van der Waals surface area contributed by atoms with Crippen molar-refractivity contribution < 1.29 is 9.47 Å². The Balaban J connectivity index is 1.58. The lowest BCUT2D eigenvalue weighted by Crippen LogP contribution is -2.38. The lowest BCUT2D eigenvalue weighted by molar-refractivity contribution is -0.0154. The summed E-state index contributed by atoms with van der Waals surface area (Å²) in [4.78, 5) is 4.73. The third-order valence-electron chi connectivity index (χ3n) is 4.68. The van der Waals surface area contributed by atoms with Gasteiger partial charge < -0.3 is 9.47 Å². The zero-order valence-electron chi connectivity index (χ0n) is 13.2. The maximum absolute atomic E-state index is 6.01. The van der Waals surface area contributed by atoms with E-state index in [9.17, 15) is 0 Å². The second-order valence-corrected chi connectivity index (χ2v) is 6.17. The summed E-state index contributed by atoms with van der Waals surface area (Å²) in [6, 6.07) is 21.6. The van der Waals surface area contributed by atoms with Crippen LogP contribution in [0, 0.1) is 0 Å². The first-order valence-electron chi connectivity index (χ1n) is 8.15. The van der Waals surface area contributed by atoms with Crippen LogP contribution in [0.5, 0.6) is 0 Å². The molecule has 4 nitrogen and oxygen atoms in total. The Morgan fingerprint density at radius 3 is 1.52 bits per heavy atom. The molecule has 4 heteroatoms. The molecule has 0 aromatic heterocycles. The summed E-state index contributed by atoms with van der Waals surface area (Å²) in [7, 11) is 0. The van der Waals surface area contributed by atoms with Gasteiger partial charge in [0.1, 0.15) is 13.5 Å². The molecule has 2 fully saturated rings. The van der Waals surface area contributed by atoms with Crippen molar-refractivity contribution in [3.8, 4) is 0 Å². The van der Waals surface area contributed by atoms with Gasteiger partial charge >= 0.3 is 0 Å². The fourth-order valence-electron chi connectivity index (χ4n) is 3.43. The average molecular weight is 310 g/mol. The Labute approximate surface area is 137 Å². The van der Waals surface area contributed by atoms with Crippen molar-refractivity contribution in [2.45, 2.75) is 12.1 Å². The first kappa shape index (κ1) is 14.8. The summed E-state index contributed by atoms with van der Waals surface area (Å²) in [5, 5.41) is 0. The number of hydrogen-bond acceptors (Lipinski definition) is 4. The largest absolute Gasteiger partial charge is 0.364 e. The highest BCUT2D eigenvalue weighted by Crippen LogP contribution is 2.31. The molecule has 4 rings (SSSR count). The minimum atomic E-state index is 0.246. The minimum Gasteiger partial charge on any atom is -0.364 e. The third kappa shape index (κ3) is 3.16. The quantitative estimate of drug-likeness (QED) is 0.851. The Morgan fingerprint density at radius 1 is 0.652 bits per heavy atom. The van der Waals surface area contributed by atoms with Crippen LogP contribution in [-0.4, -0.2) is 43.1 Å². The lowest BCUT2D eigenvalue weighted by Gasteiger charge is -2.30. The molecule has 0 saturated carbocycles. The van der Waals surface area contributed by atoms with Crippen molar-refractivity contribution in [3.63, 3.8) is 0 Å². The molecule has 2 aromatic rings. The normalized spacial score (nSPS) is 31.1. The molecule has 0 amide bonds. The van der Waals surface area contributed by atoms with Crippen LogP contribution in [0.3, 0.4) is 0 Å². The SMILES string of the molecule is c1ccc(C2COCN3CN2COCC3c2ccccc2)cc1. The fraction of sp³-hybridized carbons (Fsp3) is 0.368. The first-order valence-corrected chi connectivity index (χ1v) is 8.15. The summed E-state index contributed by atoms with van der Waals surface area (Å²) in [5.74, 6) is 0. The molecule has 0 aliphatic carbocycles. The number of ether oxygens (including phenoxy) is 2. The van der Waals surface area contributed by atoms with Crippen LogP contribution < -0.4 is 0 Å². The van der Waals surface area contributed by atoms with Crippen LogP contribution in [0.2, 0.25) is 0 Å². The molecular formula is C19H22N2O2. The highest BCUT2D eigenvalue weighted by atomic mass is 16.5. The lowest BCUT2D eigenvalue weighted by atomic mass is 10.1. The van der Waals surface area contributed by atoms with Gasteiger partial charge in [-0.3, -0.25) is 9.80 Å². The summed E-state index contributed by atoms with van der Waals surface area (Å²) in [5.41, 5.74) is 2.58. The number of hydrogen-bond donors (Lipinski definition) is 0. The molecule has 120 valence electrons. The van der Waals surface area contributed by atoms with Gasteiger partial charge in [-0.15, -0.1) is 0 Å². The van der Waals surface area contributed by atoms with Crippen molar-refractivity contribution in [1.29, 1.82) is 0 Å². The minimum absolute atomic E-state index is 0.246. The molecule has 0 radical (unpaired) electrons. The van der Waals surface area contributed by atoms with Gasteiger partial charge in [0.05, 0.1) is 32.0 Å². The average Bonchev–Trinajstić information content (AvgIpc) is 2.96. The summed E-state index contributed by atoms with van der Waals surface area (Å²) < 4.78 is 12.0. The number of benzene rings is 2. The second-order valence-electron chi connectivity index (χ2n) is 6.17. The predicted octanol–water partition coefficient (Wildman–Crippen LogP) is 3.01. The topological polar surface area (TPSA) is 24.9 Å². The molecule has 0 N–H and O–H groups in total. The van der Waals surface area contributed by atoms with E-state index in [2.05, 4.69) is 70.5 Å². The van der Waals surface area contributed by atoms with Crippen LogP contribution in [-0.2, 0) is 9.47 Å². The van der Waals surface area contributed by atoms with Crippen molar-refractivity contribution in [2.24, 2.45) is 0 Å². The van der Waals surface area contributed by atoms with Crippen molar-refractivity contribution in [3.05, 3.63) is 71.8 Å². The third-order valence-corrected chi connectivity index (χ3v) is 4.68. The van der Waals surface area contributed by atoms with Gasteiger partial charge in [0, 0.05) is 0 Å². The second kappa shape index (κ2) is 6.81. The number of nitrogens with zero attached hydrogens (tertiary/aromatic N) is 2. The predicted molar refractivity (Wildman–Crippen MR) is 88.5 cm³/mol. The zero-order valence-corrected chi connectivity index (χ0v) is 13.2. The van der Waals surface area contributed by atoms with E-state index in [-0.39, 0.29) is 12.1 Å². The molecule has 2 saturated heterocycles. The zero-order chi connectivity index (χ0) is 15.5. The first-order chi connectivity index (χ1) is 11.4. The van der Waals surface area contributed by atoms with Crippen molar-refractivity contribution in [2.75, 3.05) is 33.3 Å². The molecule has 4 atom stereocenters. The maximum Gasteiger partial charge on any atom is 0.101 e. The van der Waals surface area contributed by atoms with Crippen LogP contribution in [0.25, 0.3) is 0 Å². The van der Waals surface area contributed by atoms with Gasteiger partial charge in [-0.2, -0.15) is 0 Å². The van der Waals surface area contributed by atoms with Crippen molar-refractivity contribution >= 4 is 0 Å². The van der Waals surface area contributed by atoms with E-state index in [0.29, 0.717) is 26.7 Å². The van der Waals surface area contributed by atoms with E-state index in [1.165, 1.54) is 11.1 Å². The summed E-state index contributed by atoms with van der Waals surface area (Å²) in [6.45, 7) is 3.54. The molecule has 2 aliphatic rings. The van der Waals surface area contributed by atoms with E-state index in [4.69, 9.17) is 9.47 Å². The van der Waals surface area contributed by atoms with Crippen LogP contribution in [0.4, 0.5) is 0 Å². The molecule has 2 aliphatic heterocycles. The molecule has 2 bridgehead atoms. The number of rotatable bonds is 2. The summed E-state index contributed by atoms with van der Waals surface area (Å²) in [6.07, 6.45) is 0. The van der Waals surface area contributed by atoms with E-state index in [0.717, 1.165) is 6.67 Å². The molecule has 2 heterocycles. The fourth-order valence-corrected chi connectivity index (χ4v) is 3.43. The van der Waals surface area contributed by atoms with Gasteiger partial charge in [0.25, 0.3) is 0 Å². The van der Waals surface area contributed by atoms with Gasteiger partial charge in [0.2, 0.25) is 0 Å². The monoisotopic (exact) mass is 310 g/mol. The molecule has 23 heavy (non-hydrogen) atoms. The van der Waals surface area contributed by atoms with Gasteiger partial charge in [-0.25, -0.2) is 0 Å². The molecular weight excluding hydrogens is 288 g/mol. The molecule has 0 spiro atoms. The Kier molecular flexibility index (Phi) is 4.39. The highest BCUT2D eigenvalue weighted by Gasteiger charge is 2.33. The van der Waals surface area contributed by atoms with Crippen molar-refractivity contribution in [1.82, 2.24) is 9.80 Å². The van der Waals surface area contributed by atoms with Crippen LogP contribution >= 0.6 is 0 Å². The van der Waals surface area contributed by atoms with Gasteiger partial charge in [0.15, 0.2) is 0 Å². The van der Waals surface area contributed by atoms with Crippen LogP contribution in [0.15, 0.2) is 60.7 Å². The van der Waals surface area contributed by atoms with E-state index in [1.807, 2.05) is 0 Å². The van der Waals surface area contributed by atoms with E-state index < -0.39 is 0 Å². The number of fused-ring (bicyclic) bond motifs is 2. The maximum atomic E-state index is 6.01. The summed E-state index contributed by atoms with van der Waals surface area (Å²) >= 11 is 0. The smallest absolute Gasteiger partial charge is 0.101 e. The Hall–Kier alpha value is -1.72. The van der Waals surface area contributed by atoms with E-state index in [1.54, 1.807) is 0 Å².